The minimum absolute atomic E-state index is 0.0552. The molecule has 0 radical (unpaired) electrons. The van der Waals surface area contributed by atoms with Crippen molar-refractivity contribution in [1.82, 2.24) is 15.5 Å². The van der Waals surface area contributed by atoms with E-state index in [4.69, 9.17) is 17.2 Å². The maximum Gasteiger partial charge on any atom is 0.326 e. The monoisotopic (exact) mass is 502 g/mol. The molecule has 1 aliphatic heterocycles. The topological polar surface area (TPSA) is 228 Å². The van der Waals surface area contributed by atoms with Gasteiger partial charge in [0, 0.05) is 19.4 Å². The molecular formula is C20H34N6O7S. The van der Waals surface area contributed by atoms with E-state index in [1.807, 2.05) is 6.26 Å². The van der Waals surface area contributed by atoms with Crippen LogP contribution in [0.3, 0.4) is 0 Å². The highest BCUT2D eigenvalue weighted by Crippen LogP contribution is 2.19. The van der Waals surface area contributed by atoms with Crippen LogP contribution < -0.4 is 27.8 Å². The Bertz CT molecular complexity index is 781. The number of nitrogens with two attached hydrogens (primary N) is 3. The Kier molecular flexibility index (Phi) is 12.4. The molecule has 1 fully saturated rings. The lowest BCUT2D eigenvalue weighted by Gasteiger charge is -2.28. The molecule has 1 saturated heterocycles. The summed E-state index contributed by atoms with van der Waals surface area (Å²) in [5, 5.41) is 14.3. The van der Waals surface area contributed by atoms with Crippen molar-refractivity contribution in [3.63, 3.8) is 0 Å². The van der Waals surface area contributed by atoms with Crippen LogP contribution in [0.1, 0.15) is 44.9 Å². The lowest BCUT2D eigenvalue weighted by molar-refractivity contribution is -0.143. The van der Waals surface area contributed by atoms with Crippen LogP contribution >= 0.6 is 11.8 Å². The molecule has 13 nitrogen and oxygen atoms in total. The fourth-order valence-corrected chi connectivity index (χ4v) is 4.00. The van der Waals surface area contributed by atoms with Crippen LogP contribution in [0.5, 0.6) is 0 Å². The van der Waals surface area contributed by atoms with E-state index in [-0.39, 0.29) is 32.1 Å². The van der Waals surface area contributed by atoms with Crippen LogP contribution in [0.25, 0.3) is 0 Å². The van der Waals surface area contributed by atoms with Crippen molar-refractivity contribution in [3.8, 4) is 0 Å². The molecule has 192 valence electrons. The number of carboxylic acid groups (broad SMARTS) is 1. The quantitative estimate of drug-likeness (QED) is 0.140. The number of likely N-dealkylation sites (tertiary alicyclic amines) is 1. The van der Waals surface area contributed by atoms with Gasteiger partial charge in [0.1, 0.15) is 18.1 Å². The second-order valence-corrected chi connectivity index (χ2v) is 9.03. The third-order valence-electron chi connectivity index (χ3n) is 5.40. The van der Waals surface area contributed by atoms with Gasteiger partial charge in [-0.2, -0.15) is 11.8 Å². The number of thioether (sulfide) groups is 1. The zero-order chi connectivity index (χ0) is 25.8. The highest BCUT2D eigenvalue weighted by molar-refractivity contribution is 7.98. The van der Waals surface area contributed by atoms with Gasteiger partial charge in [-0.05, 0) is 44.1 Å². The fourth-order valence-electron chi connectivity index (χ4n) is 3.53. The fraction of sp³-hybridized carbons (Fsp3) is 0.700. The van der Waals surface area contributed by atoms with E-state index in [1.54, 1.807) is 0 Å². The summed E-state index contributed by atoms with van der Waals surface area (Å²) in [5.74, 6) is -3.87. The Balaban J connectivity index is 2.87. The molecule has 0 aromatic rings. The van der Waals surface area contributed by atoms with Crippen LogP contribution in [0.2, 0.25) is 0 Å². The summed E-state index contributed by atoms with van der Waals surface area (Å²) in [7, 11) is 0. The molecule has 5 amide bonds. The maximum absolute atomic E-state index is 13.0. The number of aliphatic carboxylic acids is 1. The van der Waals surface area contributed by atoms with E-state index in [0.717, 1.165) is 0 Å². The van der Waals surface area contributed by atoms with Crippen LogP contribution in [-0.2, 0) is 28.8 Å². The third-order valence-corrected chi connectivity index (χ3v) is 6.04. The number of carbonyl (C=O) groups excluding carboxylic acids is 5. The number of amides is 5. The molecule has 4 unspecified atom stereocenters. The first-order valence-corrected chi connectivity index (χ1v) is 12.3. The molecule has 0 saturated carbocycles. The van der Waals surface area contributed by atoms with Crippen molar-refractivity contribution in [2.75, 3.05) is 18.6 Å². The predicted molar refractivity (Wildman–Crippen MR) is 124 cm³/mol. The van der Waals surface area contributed by atoms with Gasteiger partial charge in [-0.3, -0.25) is 24.0 Å². The van der Waals surface area contributed by atoms with Crippen LogP contribution in [0.15, 0.2) is 0 Å². The molecule has 0 aliphatic carbocycles. The van der Waals surface area contributed by atoms with Crippen molar-refractivity contribution in [2.24, 2.45) is 17.2 Å². The smallest absolute Gasteiger partial charge is 0.326 e. The predicted octanol–water partition coefficient (Wildman–Crippen LogP) is -2.36. The molecule has 14 heteroatoms. The Morgan fingerprint density at radius 1 is 1.00 bits per heavy atom. The second kappa shape index (κ2) is 14.4. The second-order valence-electron chi connectivity index (χ2n) is 8.05. The normalized spacial score (nSPS) is 17.9. The van der Waals surface area contributed by atoms with Gasteiger partial charge in [-0.15, -0.1) is 0 Å². The van der Waals surface area contributed by atoms with Gasteiger partial charge in [0.15, 0.2) is 0 Å². The minimum atomic E-state index is -1.35. The van der Waals surface area contributed by atoms with Crippen LogP contribution in [0.4, 0.5) is 0 Å². The van der Waals surface area contributed by atoms with Gasteiger partial charge >= 0.3 is 5.97 Å². The van der Waals surface area contributed by atoms with Gasteiger partial charge in [0.25, 0.3) is 0 Å². The van der Waals surface area contributed by atoms with Crippen molar-refractivity contribution in [1.29, 1.82) is 0 Å². The number of primary amides is 2. The van der Waals surface area contributed by atoms with Crippen molar-refractivity contribution < 1.29 is 33.9 Å². The molecule has 1 heterocycles. The standard InChI is InChI=1S/C20H34N6O7S/c1-34-10-8-12(17(29)25-13(20(32)33)5-7-16(23)28)24-18(30)14-3-2-9-26(14)19(31)11(21)4-6-15(22)27/h11-14H,2-10,21H2,1H3,(H2,22,27)(H2,23,28)(H,24,30)(H,25,29)(H,32,33). The summed E-state index contributed by atoms with van der Waals surface area (Å²) in [4.78, 5) is 73.2. The summed E-state index contributed by atoms with van der Waals surface area (Å²) >= 11 is 1.44. The summed E-state index contributed by atoms with van der Waals surface area (Å²) in [5.41, 5.74) is 16.0. The summed E-state index contributed by atoms with van der Waals surface area (Å²) in [6.07, 6.45) is 2.54. The first kappa shape index (κ1) is 29.2. The molecule has 34 heavy (non-hydrogen) atoms. The number of hydrogen-bond acceptors (Lipinski definition) is 8. The average molecular weight is 503 g/mol. The highest BCUT2D eigenvalue weighted by Gasteiger charge is 2.37. The Morgan fingerprint density at radius 2 is 1.62 bits per heavy atom. The molecule has 0 bridgehead atoms. The lowest BCUT2D eigenvalue weighted by Crippen LogP contribution is -2.56. The van der Waals surface area contributed by atoms with Gasteiger partial charge < -0.3 is 37.8 Å². The first-order valence-electron chi connectivity index (χ1n) is 10.9. The van der Waals surface area contributed by atoms with Gasteiger partial charge in [0.2, 0.25) is 29.5 Å². The van der Waals surface area contributed by atoms with E-state index in [0.29, 0.717) is 25.1 Å². The highest BCUT2D eigenvalue weighted by atomic mass is 32.2. The zero-order valence-corrected chi connectivity index (χ0v) is 20.0. The molecule has 9 N–H and O–H groups in total. The van der Waals surface area contributed by atoms with E-state index < -0.39 is 59.7 Å². The van der Waals surface area contributed by atoms with E-state index in [2.05, 4.69) is 10.6 Å². The molecule has 0 aromatic carbocycles. The van der Waals surface area contributed by atoms with Crippen molar-refractivity contribution in [3.05, 3.63) is 0 Å². The summed E-state index contributed by atoms with van der Waals surface area (Å²) in [6, 6.07) is -4.22. The van der Waals surface area contributed by atoms with Gasteiger partial charge in [-0.25, -0.2) is 4.79 Å². The van der Waals surface area contributed by atoms with Crippen LogP contribution in [0, 0.1) is 0 Å². The third kappa shape index (κ3) is 9.55. The number of carbonyl (C=O) groups is 6. The summed E-state index contributed by atoms with van der Waals surface area (Å²) < 4.78 is 0. The van der Waals surface area contributed by atoms with E-state index >= 15 is 0 Å². The number of nitrogens with zero attached hydrogens (tertiary/aromatic N) is 1. The largest absolute Gasteiger partial charge is 0.480 e. The molecule has 0 spiro atoms. The van der Waals surface area contributed by atoms with E-state index in [9.17, 15) is 33.9 Å². The van der Waals surface area contributed by atoms with Gasteiger partial charge in [-0.1, -0.05) is 0 Å². The van der Waals surface area contributed by atoms with Crippen LogP contribution in [-0.4, -0.2) is 88.2 Å². The zero-order valence-electron chi connectivity index (χ0n) is 19.2. The molecule has 1 aliphatic rings. The number of hydrogen-bond donors (Lipinski definition) is 6. The number of carboxylic acids is 1. The molecular weight excluding hydrogens is 468 g/mol. The maximum atomic E-state index is 13.0. The Labute approximate surface area is 201 Å². The van der Waals surface area contributed by atoms with Gasteiger partial charge in [0.05, 0.1) is 6.04 Å². The van der Waals surface area contributed by atoms with Crippen molar-refractivity contribution in [2.45, 2.75) is 69.1 Å². The minimum Gasteiger partial charge on any atom is -0.480 e. The Morgan fingerprint density at radius 3 is 2.18 bits per heavy atom. The number of nitrogens with one attached hydrogen (secondary N) is 2. The molecule has 1 rings (SSSR count). The van der Waals surface area contributed by atoms with E-state index in [1.165, 1.54) is 16.7 Å². The molecule has 0 aromatic heterocycles. The first-order chi connectivity index (χ1) is 16.0. The summed E-state index contributed by atoms with van der Waals surface area (Å²) in [6.45, 7) is 0.303. The lowest BCUT2D eigenvalue weighted by atomic mass is 10.1. The molecule has 4 atom stereocenters. The number of rotatable bonds is 15. The SMILES string of the molecule is CSCCC(NC(=O)C1CCCN1C(=O)C(N)CCC(N)=O)C(=O)NC(CCC(N)=O)C(=O)O. The Hall–Kier alpha value is -2.87. The average Bonchev–Trinajstić information content (AvgIpc) is 3.26. The van der Waals surface area contributed by atoms with Crippen molar-refractivity contribution >= 4 is 47.3 Å².